The van der Waals surface area contributed by atoms with Crippen molar-refractivity contribution in [3.05, 3.63) is 42.1 Å². The summed E-state index contributed by atoms with van der Waals surface area (Å²) in [5.74, 6) is 1.21. The highest BCUT2D eigenvalue weighted by Gasteiger charge is 2.03. The smallest absolute Gasteiger partial charge is 0.222 e. The van der Waals surface area contributed by atoms with Crippen LogP contribution in [0.25, 0.3) is 11.3 Å². The van der Waals surface area contributed by atoms with Crippen LogP contribution in [0, 0.1) is 0 Å². The summed E-state index contributed by atoms with van der Waals surface area (Å²) in [6, 6.07) is 10.4. The van der Waals surface area contributed by atoms with Gasteiger partial charge in [-0.2, -0.15) is 0 Å². The van der Waals surface area contributed by atoms with Crippen LogP contribution < -0.4 is 5.32 Å². The SMILES string of the molecule is CNc1nccc(-c2ccc(C(C)C)cc2)n1. The highest BCUT2D eigenvalue weighted by Crippen LogP contribution is 2.21. The summed E-state index contributed by atoms with van der Waals surface area (Å²) < 4.78 is 0. The summed E-state index contributed by atoms with van der Waals surface area (Å²) in [5, 5.41) is 2.94. The maximum atomic E-state index is 4.41. The Bertz CT molecular complexity index is 489. The van der Waals surface area contributed by atoms with Gasteiger partial charge in [-0.3, -0.25) is 0 Å². The van der Waals surface area contributed by atoms with Crippen molar-refractivity contribution in [3.63, 3.8) is 0 Å². The average Bonchev–Trinajstić information content (AvgIpc) is 2.39. The average molecular weight is 227 g/mol. The van der Waals surface area contributed by atoms with Crippen LogP contribution >= 0.6 is 0 Å². The van der Waals surface area contributed by atoms with Gasteiger partial charge in [-0.1, -0.05) is 38.1 Å². The zero-order chi connectivity index (χ0) is 12.3. The number of nitrogens with zero attached hydrogens (tertiary/aromatic N) is 2. The molecule has 1 aromatic heterocycles. The molecule has 0 aliphatic carbocycles. The highest BCUT2D eigenvalue weighted by atomic mass is 15.1. The first-order valence-electron chi connectivity index (χ1n) is 5.82. The predicted octanol–water partition coefficient (Wildman–Crippen LogP) is 3.31. The monoisotopic (exact) mass is 227 g/mol. The van der Waals surface area contributed by atoms with Gasteiger partial charge < -0.3 is 5.32 Å². The summed E-state index contributed by atoms with van der Waals surface area (Å²) >= 11 is 0. The van der Waals surface area contributed by atoms with Gasteiger partial charge in [0, 0.05) is 18.8 Å². The second kappa shape index (κ2) is 4.95. The maximum Gasteiger partial charge on any atom is 0.222 e. The number of nitrogens with one attached hydrogen (secondary N) is 1. The predicted molar refractivity (Wildman–Crippen MR) is 71.1 cm³/mol. The van der Waals surface area contributed by atoms with Crippen LogP contribution in [0.4, 0.5) is 5.95 Å². The van der Waals surface area contributed by atoms with E-state index in [1.165, 1.54) is 5.56 Å². The Balaban J connectivity index is 2.32. The second-order valence-corrected chi connectivity index (χ2v) is 4.29. The first-order chi connectivity index (χ1) is 8.20. The first-order valence-corrected chi connectivity index (χ1v) is 5.82. The summed E-state index contributed by atoms with van der Waals surface area (Å²) in [6.45, 7) is 4.39. The molecule has 0 atom stereocenters. The van der Waals surface area contributed by atoms with Crippen molar-refractivity contribution in [1.82, 2.24) is 9.97 Å². The molecule has 0 radical (unpaired) electrons. The van der Waals surface area contributed by atoms with Gasteiger partial charge in [0.2, 0.25) is 5.95 Å². The second-order valence-electron chi connectivity index (χ2n) is 4.29. The zero-order valence-corrected chi connectivity index (χ0v) is 10.4. The summed E-state index contributed by atoms with van der Waals surface area (Å²) in [7, 11) is 1.82. The molecule has 1 aromatic carbocycles. The van der Waals surface area contributed by atoms with E-state index in [2.05, 4.69) is 53.4 Å². The molecule has 0 aliphatic rings. The molecule has 2 rings (SSSR count). The fourth-order valence-electron chi connectivity index (χ4n) is 1.68. The van der Waals surface area contributed by atoms with E-state index < -0.39 is 0 Å². The Morgan fingerprint density at radius 2 is 1.76 bits per heavy atom. The van der Waals surface area contributed by atoms with Gasteiger partial charge >= 0.3 is 0 Å². The zero-order valence-electron chi connectivity index (χ0n) is 10.4. The summed E-state index contributed by atoms with van der Waals surface area (Å²) in [5.41, 5.74) is 3.41. The molecule has 1 N–H and O–H groups in total. The van der Waals surface area contributed by atoms with E-state index in [1.807, 2.05) is 13.1 Å². The van der Waals surface area contributed by atoms with Crippen LogP contribution in [0.1, 0.15) is 25.3 Å². The molecule has 0 bridgehead atoms. The van der Waals surface area contributed by atoms with Gasteiger partial charge in [-0.05, 0) is 17.5 Å². The first kappa shape index (κ1) is 11.6. The lowest BCUT2D eigenvalue weighted by Crippen LogP contribution is -1.96. The lowest BCUT2D eigenvalue weighted by molar-refractivity contribution is 0.867. The number of aromatic nitrogens is 2. The number of anilines is 1. The number of rotatable bonds is 3. The number of hydrogen-bond acceptors (Lipinski definition) is 3. The van der Waals surface area contributed by atoms with E-state index in [1.54, 1.807) is 6.20 Å². The Hall–Kier alpha value is -1.90. The lowest BCUT2D eigenvalue weighted by Gasteiger charge is -2.07. The Morgan fingerprint density at radius 3 is 2.35 bits per heavy atom. The molecule has 1 heterocycles. The van der Waals surface area contributed by atoms with Crippen molar-refractivity contribution in [2.45, 2.75) is 19.8 Å². The Morgan fingerprint density at radius 1 is 1.06 bits per heavy atom. The van der Waals surface area contributed by atoms with Crippen molar-refractivity contribution >= 4 is 5.95 Å². The normalized spacial score (nSPS) is 10.6. The van der Waals surface area contributed by atoms with E-state index >= 15 is 0 Å². The van der Waals surface area contributed by atoms with Gasteiger partial charge in [0.25, 0.3) is 0 Å². The third-order valence-electron chi connectivity index (χ3n) is 2.75. The molecule has 3 heteroatoms. The lowest BCUT2D eigenvalue weighted by atomic mass is 10.0. The third kappa shape index (κ3) is 2.61. The molecule has 17 heavy (non-hydrogen) atoms. The molecule has 0 saturated carbocycles. The van der Waals surface area contributed by atoms with Crippen LogP contribution in [-0.2, 0) is 0 Å². The highest BCUT2D eigenvalue weighted by molar-refractivity contribution is 5.60. The molecule has 0 fully saturated rings. The molecule has 0 spiro atoms. The van der Waals surface area contributed by atoms with Gasteiger partial charge in [0.05, 0.1) is 5.69 Å². The summed E-state index contributed by atoms with van der Waals surface area (Å²) in [4.78, 5) is 8.52. The molecule has 0 amide bonds. The van der Waals surface area contributed by atoms with Crippen molar-refractivity contribution < 1.29 is 0 Å². The van der Waals surface area contributed by atoms with Crippen molar-refractivity contribution in [3.8, 4) is 11.3 Å². The number of hydrogen-bond donors (Lipinski definition) is 1. The molecule has 88 valence electrons. The maximum absolute atomic E-state index is 4.41. The van der Waals surface area contributed by atoms with Gasteiger partial charge in [-0.15, -0.1) is 0 Å². The van der Waals surface area contributed by atoms with Gasteiger partial charge in [0.1, 0.15) is 0 Å². The van der Waals surface area contributed by atoms with Crippen LogP contribution in [0.2, 0.25) is 0 Å². The summed E-state index contributed by atoms with van der Waals surface area (Å²) in [6.07, 6.45) is 1.77. The van der Waals surface area contributed by atoms with Crippen molar-refractivity contribution in [2.24, 2.45) is 0 Å². The van der Waals surface area contributed by atoms with Crippen LogP contribution in [0.5, 0.6) is 0 Å². The minimum atomic E-state index is 0.558. The quantitative estimate of drug-likeness (QED) is 0.874. The third-order valence-corrected chi connectivity index (χ3v) is 2.75. The van der Waals surface area contributed by atoms with E-state index in [-0.39, 0.29) is 0 Å². The van der Waals surface area contributed by atoms with Crippen LogP contribution in [-0.4, -0.2) is 17.0 Å². The van der Waals surface area contributed by atoms with E-state index in [0.29, 0.717) is 11.9 Å². The van der Waals surface area contributed by atoms with Crippen molar-refractivity contribution in [1.29, 1.82) is 0 Å². The van der Waals surface area contributed by atoms with Crippen LogP contribution in [0.15, 0.2) is 36.5 Å². The molecule has 0 saturated heterocycles. The van der Waals surface area contributed by atoms with Crippen molar-refractivity contribution in [2.75, 3.05) is 12.4 Å². The largest absolute Gasteiger partial charge is 0.357 e. The molecular weight excluding hydrogens is 210 g/mol. The molecule has 2 aromatic rings. The van der Waals surface area contributed by atoms with Gasteiger partial charge in [-0.25, -0.2) is 9.97 Å². The van der Waals surface area contributed by atoms with E-state index in [4.69, 9.17) is 0 Å². The van der Waals surface area contributed by atoms with Gasteiger partial charge in [0.15, 0.2) is 0 Å². The number of benzene rings is 1. The molecule has 0 aliphatic heterocycles. The molecule has 3 nitrogen and oxygen atoms in total. The van der Waals surface area contributed by atoms with E-state index in [9.17, 15) is 0 Å². The molecule has 0 unspecified atom stereocenters. The fourth-order valence-corrected chi connectivity index (χ4v) is 1.68. The Kier molecular flexibility index (Phi) is 3.38. The van der Waals surface area contributed by atoms with E-state index in [0.717, 1.165) is 11.3 Å². The standard InChI is InChI=1S/C14H17N3/c1-10(2)11-4-6-12(7-5-11)13-8-9-16-14(15-3)17-13/h4-10H,1-3H3,(H,15,16,17). The minimum Gasteiger partial charge on any atom is -0.357 e. The fraction of sp³-hybridized carbons (Fsp3) is 0.286. The van der Waals surface area contributed by atoms with Crippen LogP contribution in [0.3, 0.4) is 0 Å². The minimum absolute atomic E-state index is 0.558. The Labute approximate surface area is 102 Å². The topological polar surface area (TPSA) is 37.8 Å². The molecular formula is C14H17N3.